The third-order valence-electron chi connectivity index (χ3n) is 2.53. The molecule has 1 atom stereocenters. The summed E-state index contributed by atoms with van der Waals surface area (Å²) in [4.78, 5) is 15.9. The van der Waals surface area contributed by atoms with Crippen molar-refractivity contribution in [2.45, 2.75) is 26.3 Å². The lowest BCUT2D eigenvalue weighted by Crippen LogP contribution is -2.42. The van der Waals surface area contributed by atoms with Crippen LogP contribution in [0.3, 0.4) is 0 Å². The molecule has 1 heterocycles. The summed E-state index contributed by atoms with van der Waals surface area (Å²) in [5, 5.41) is 0. The van der Waals surface area contributed by atoms with E-state index in [4.69, 9.17) is 18.0 Å². The first-order chi connectivity index (χ1) is 7.47. The zero-order chi connectivity index (χ0) is 12.3. The van der Waals surface area contributed by atoms with E-state index in [1.54, 1.807) is 11.9 Å². The maximum atomic E-state index is 12.0. The van der Waals surface area contributed by atoms with Gasteiger partial charge in [-0.3, -0.25) is 4.79 Å². The van der Waals surface area contributed by atoms with Gasteiger partial charge in [-0.25, -0.2) is 0 Å². The quantitative estimate of drug-likeness (QED) is 0.839. The van der Waals surface area contributed by atoms with E-state index in [1.165, 1.54) is 16.2 Å². The Bertz CT molecular complexity index is 400. The molecule has 88 valence electrons. The van der Waals surface area contributed by atoms with E-state index in [1.807, 2.05) is 19.1 Å². The maximum Gasteiger partial charge on any atom is 0.264 e. The molecular formula is C11H16N2OS2. The molecule has 1 unspecified atom stereocenters. The number of rotatable bonds is 4. The fourth-order valence-electron chi connectivity index (χ4n) is 1.22. The molecule has 0 saturated carbocycles. The number of nitrogens with two attached hydrogens (primary N) is 1. The fourth-order valence-corrected chi connectivity index (χ4v) is 2.31. The van der Waals surface area contributed by atoms with Gasteiger partial charge in [-0.05, 0) is 25.5 Å². The summed E-state index contributed by atoms with van der Waals surface area (Å²) in [7, 11) is 1.72. The van der Waals surface area contributed by atoms with Gasteiger partial charge >= 0.3 is 0 Å². The lowest BCUT2D eigenvalue weighted by atomic mass is 10.3. The van der Waals surface area contributed by atoms with Gasteiger partial charge in [-0.15, -0.1) is 11.3 Å². The number of aryl methyl sites for hydroxylation is 1. The second-order valence-electron chi connectivity index (χ2n) is 3.61. The zero-order valence-corrected chi connectivity index (χ0v) is 11.3. The Labute approximate surface area is 105 Å². The Balaban J connectivity index is 2.81. The maximum absolute atomic E-state index is 12.0. The minimum absolute atomic E-state index is 0.0231. The Kier molecular flexibility index (Phi) is 4.44. The Morgan fingerprint density at radius 3 is 2.69 bits per heavy atom. The third-order valence-corrected chi connectivity index (χ3v) is 4.09. The molecule has 1 aromatic rings. The first-order valence-electron chi connectivity index (χ1n) is 5.12. The summed E-state index contributed by atoms with van der Waals surface area (Å²) in [6.45, 7) is 3.90. The molecule has 1 amide bonds. The van der Waals surface area contributed by atoms with Crippen molar-refractivity contribution in [1.29, 1.82) is 0 Å². The molecule has 1 rings (SSSR count). The molecule has 1 aromatic heterocycles. The smallest absolute Gasteiger partial charge is 0.264 e. The van der Waals surface area contributed by atoms with Gasteiger partial charge < -0.3 is 10.6 Å². The fraction of sp³-hybridized carbons (Fsp3) is 0.455. The summed E-state index contributed by atoms with van der Waals surface area (Å²) in [6.07, 6.45) is 0.951. The number of hydrogen-bond donors (Lipinski definition) is 1. The summed E-state index contributed by atoms with van der Waals surface area (Å²) >= 11 is 6.40. The zero-order valence-electron chi connectivity index (χ0n) is 9.69. The van der Waals surface area contributed by atoms with Crippen LogP contribution in [-0.2, 0) is 6.42 Å². The topological polar surface area (TPSA) is 46.3 Å². The second kappa shape index (κ2) is 5.41. The highest BCUT2D eigenvalue weighted by molar-refractivity contribution is 7.80. The van der Waals surface area contributed by atoms with Crippen LogP contribution in [0.5, 0.6) is 0 Å². The van der Waals surface area contributed by atoms with Gasteiger partial charge in [-0.2, -0.15) is 0 Å². The van der Waals surface area contributed by atoms with E-state index in [9.17, 15) is 4.79 Å². The van der Waals surface area contributed by atoms with Gasteiger partial charge in [0.25, 0.3) is 5.91 Å². The predicted octanol–water partition coefficient (Wildman–Crippen LogP) is 2.06. The van der Waals surface area contributed by atoms with Crippen molar-refractivity contribution in [2.75, 3.05) is 7.05 Å². The molecule has 16 heavy (non-hydrogen) atoms. The van der Waals surface area contributed by atoms with Crippen LogP contribution in [0, 0.1) is 0 Å². The van der Waals surface area contributed by atoms with Gasteiger partial charge in [0.05, 0.1) is 15.9 Å². The Morgan fingerprint density at radius 1 is 1.62 bits per heavy atom. The van der Waals surface area contributed by atoms with Crippen LogP contribution in [0.25, 0.3) is 0 Å². The molecule has 0 saturated heterocycles. The number of carbonyl (C=O) groups excluding carboxylic acids is 1. The molecule has 0 aliphatic heterocycles. The molecule has 0 aliphatic rings. The highest BCUT2D eigenvalue weighted by Crippen LogP contribution is 2.19. The number of thiophene rings is 1. The SMILES string of the molecule is CCc1ccc(C(=O)N(C)C(C)C(N)=S)s1. The molecule has 0 spiro atoms. The molecule has 0 fully saturated rings. The van der Waals surface area contributed by atoms with Crippen LogP contribution in [0.2, 0.25) is 0 Å². The number of thiocarbonyl (C=S) groups is 1. The van der Waals surface area contributed by atoms with Crippen LogP contribution < -0.4 is 5.73 Å². The second-order valence-corrected chi connectivity index (χ2v) is 5.25. The van der Waals surface area contributed by atoms with Crippen molar-refractivity contribution in [3.63, 3.8) is 0 Å². The molecule has 5 heteroatoms. The van der Waals surface area contributed by atoms with Gasteiger partial charge in [0.2, 0.25) is 0 Å². The van der Waals surface area contributed by atoms with Crippen LogP contribution in [0.15, 0.2) is 12.1 Å². The highest BCUT2D eigenvalue weighted by Gasteiger charge is 2.20. The monoisotopic (exact) mass is 256 g/mol. The highest BCUT2D eigenvalue weighted by atomic mass is 32.1. The van der Waals surface area contributed by atoms with Gasteiger partial charge in [-0.1, -0.05) is 19.1 Å². The Morgan fingerprint density at radius 2 is 2.25 bits per heavy atom. The van der Waals surface area contributed by atoms with E-state index in [-0.39, 0.29) is 11.9 Å². The minimum atomic E-state index is -0.213. The van der Waals surface area contributed by atoms with Gasteiger partial charge in [0.15, 0.2) is 0 Å². The first-order valence-corrected chi connectivity index (χ1v) is 6.35. The summed E-state index contributed by atoms with van der Waals surface area (Å²) in [5.41, 5.74) is 5.53. The molecule has 0 radical (unpaired) electrons. The molecule has 2 N–H and O–H groups in total. The van der Waals surface area contributed by atoms with Crippen LogP contribution in [-0.4, -0.2) is 28.9 Å². The van der Waals surface area contributed by atoms with Crippen molar-refractivity contribution < 1.29 is 4.79 Å². The summed E-state index contributed by atoms with van der Waals surface area (Å²) in [6, 6.07) is 3.63. The molecule has 0 bridgehead atoms. The number of amides is 1. The van der Waals surface area contributed by atoms with Crippen molar-refractivity contribution >= 4 is 34.5 Å². The summed E-state index contributed by atoms with van der Waals surface area (Å²) < 4.78 is 0. The number of carbonyl (C=O) groups is 1. The normalized spacial score (nSPS) is 12.2. The first kappa shape index (κ1) is 13.1. The number of hydrogen-bond acceptors (Lipinski definition) is 3. The van der Waals surface area contributed by atoms with E-state index in [2.05, 4.69) is 6.92 Å². The largest absolute Gasteiger partial charge is 0.392 e. The average Bonchev–Trinajstić information content (AvgIpc) is 2.74. The molecule has 0 aromatic carbocycles. The standard InChI is InChI=1S/C11H16N2OS2/c1-4-8-5-6-9(16-8)11(14)13(3)7(2)10(12)15/h5-7H,4H2,1-3H3,(H2,12,15). The number of nitrogens with zero attached hydrogens (tertiary/aromatic N) is 1. The number of likely N-dealkylation sites (N-methyl/N-ethyl adjacent to an activating group) is 1. The van der Waals surface area contributed by atoms with Crippen molar-refractivity contribution in [3.8, 4) is 0 Å². The molecule has 0 aliphatic carbocycles. The van der Waals surface area contributed by atoms with Crippen LogP contribution in [0.4, 0.5) is 0 Å². The molecule has 3 nitrogen and oxygen atoms in total. The van der Waals surface area contributed by atoms with Crippen molar-refractivity contribution in [1.82, 2.24) is 4.90 Å². The van der Waals surface area contributed by atoms with E-state index < -0.39 is 0 Å². The van der Waals surface area contributed by atoms with E-state index >= 15 is 0 Å². The van der Waals surface area contributed by atoms with Gasteiger partial charge in [0.1, 0.15) is 0 Å². The molecular weight excluding hydrogens is 240 g/mol. The average molecular weight is 256 g/mol. The summed E-state index contributed by atoms with van der Waals surface area (Å²) in [5.74, 6) is -0.0231. The van der Waals surface area contributed by atoms with Crippen LogP contribution >= 0.6 is 23.6 Å². The van der Waals surface area contributed by atoms with Gasteiger partial charge in [0, 0.05) is 11.9 Å². The lowest BCUT2D eigenvalue weighted by Gasteiger charge is -2.23. The predicted molar refractivity (Wildman–Crippen MR) is 72.0 cm³/mol. The lowest BCUT2D eigenvalue weighted by molar-refractivity contribution is 0.0784. The van der Waals surface area contributed by atoms with Crippen molar-refractivity contribution in [2.24, 2.45) is 5.73 Å². The van der Waals surface area contributed by atoms with E-state index in [0.29, 0.717) is 4.99 Å². The van der Waals surface area contributed by atoms with Crippen LogP contribution in [0.1, 0.15) is 28.4 Å². The van der Waals surface area contributed by atoms with Crippen molar-refractivity contribution in [3.05, 3.63) is 21.9 Å². The van der Waals surface area contributed by atoms with E-state index in [0.717, 1.165) is 11.3 Å². The Hall–Kier alpha value is -0.940. The third kappa shape index (κ3) is 2.80. The minimum Gasteiger partial charge on any atom is -0.392 e.